The normalized spacial score (nSPS) is 9.73. The summed E-state index contributed by atoms with van der Waals surface area (Å²) in [5.41, 5.74) is -1.40. The highest BCUT2D eigenvalue weighted by molar-refractivity contribution is 6.01. The van der Waals surface area contributed by atoms with Crippen molar-refractivity contribution < 1.29 is 30.2 Å². The van der Waals surface area contributed by atoms with Crippen molar-refractivity contribution in [3.05, 3.63) is 29.3 Å². The molecule has 0 saturated heterocycles. The Labute approximate surface area is 83.3 Å². The molecular weight excluding hydrogens is 206 g/mol. The van der Waals surface area contributed by atoms with Crippen LogP contribution in [0.4, 0.5) is 5.69 Å². The van der Waals surface area contributed by atoms with Crippen LogP contribution < -0.4 is 10.3 Å². The summed E-state index contributed by atoms with van der Waals surface area (Å²) in [4.78, 5) is 21.1. The Hall–Kier alpha value is -2.12. The van der Waals surface area contributed by atoms with Gasteiger partial charge in [0.25, 0.3) is 0 Å². The molecule has 1 aromatic rings. The molecule has 0 aromatic heterocycles. The molecule has 0 amide bonds. The van der Waals surface area contributed by atoms with E-state index in [2.05, 4.69) is 0 Å². The molecular formula is C8H6NO6-. The third-order valence-corrected chi connectivity index (χ3v) is 1.68. The van der Waals surface area contributed by atoms with Crippen LogP contribution in [0.5, 0.6) is 0 Å². The van der Waals surface area contributed by atoms with E-state index in [1.165, 1.54) is 0 Å². The monoisotopic (exact) mass is 212 g/mol. The lowest BCUT2D eigenvalue weighted by Crippen LogP contribution is -2.25. The minimum Gasteiger partial charge on any atom is -0.545 e. The molecule has 0 spiro atoms. The third-order valence-electron chi connectivity index (χ3n) is 1.68. The molecule has 0 aliphatic carbocycles. The highest BCUT2D eigenvalue weighted by atomic mass is 16.8. The van der Waals surface area contributed by atoms with Crippen LogP contribution in [-0.4, -0.2) is 27.5 Å². The van der Waals surface area contributed by atoms with Gasteiger partial charge in [-0.25, -0.2) is 4.79 Å². The Morgan fingerprint density at radius 2 is 1.80 bits per heavy atom. The van der Waals surface area contributed by atoms with Gasteiger partial charge in [-0.05, 0) is 18.2 Å². The molecule has 0 radical (unpaired) electrons. The van der Waals surface area contributed by atoms with Crippen molar-refractivity contribution in [2.75, 3.05) is 5.23 Å². The molecule has 7 heteroatoms. The molecule has 0 aliphatic rings. The number of hydrogen-bond acceptors (Lipinski definition) is 6. The second kappa shape index (κ2) is 3.95. The van der Waals surface area contributed by atoms with E-state index in [0.29, 0.717) is 0 Å². The largest absolute Gasteiger partial charge is 0.545 e. The first-order valence-corrected chi connectivity index (χ1v) is 3.70. The van der Waals surface area contributed by atoms with Crippen molar-refractivity contribution in [2.24, 2.45) is 0 Å². The topological polar surface area (TPSA) is 121 Å². The molecule has 7 nitrogen and oxygen atoms in total. The third kappa shape index (κ3) is 2.22. The van der Waals surface area contributed by atoms with Crippen molar-refractivity contribution >= 4 is 17.6 Å². The fourth-order valence-electron chi connectivity index (χ4n) is 1.01. The van der Waals surface area contributed by atoms with E-state index < -0.39 is 23.1 Å². The van der Waals surface area contributed by atoms with Crippen molar-refractivity contribution in [3.8, 4) is 0 Å². The van der Waals surface area contributed by atoms with Gasteiger partial charge < -0.3 is 15.0 Å². The summed E-state index contributed by atoms with van der Waals surface area (Å²) in [6.45, 7) is 0. The van der Waals surface area contributed by atoms with Crippen LogP contribution in [0.3, 0.4) is 0 Å². The van der Waals surface area contributed by atoms with Gasteiger partial charge in [-0.2, -0.15) is 0 Å². The van der Waals surface area contributed by atoms with Crippen molar-refractivity contribution in [3.63, 3.8) is 0 Å². The average Bonchev–Trinajstić information content (AvgIpc) is 2.16. The molecule has 0 aliphatic heterocycles. The van der Waals surface area contributed by atoms with Crippen molar-refractivity contribution in [1.29, 1.82) is 0 Å². The zero-order valence-corrected chi connectivity index (χ0v) is 7.25. The number of carboxylic acid groups (broad SMARTS) is 2. The fourth-order valence-corrected chi connectivity index (χ4v) is 1.01. The summed E-state index contributed by atoms with van der Waals surface area (Å²) >= 11 is 0. The number of rotatable bonds is 3. The van der Waals surface area contributed by atoms with Gasteiger partial charge in [-0.1, -0.05) is 0 Å². The van der Waals surface area contributed by atoms with Gasteiger partial charge in [0.2, 0.25) is 0 Å². The predicted molar refractivity (Wildman–Crippen MR) is 43.8 cm³/mol. The number of carboxylic acids is 2. The Kier molecular flexibility index (Phi) is 2.88. The fraction of sp³-hybridized carbons (Fsp3) is 0. The van der Waals surface area contributed by atoms with Crippen LogP contribution in [0.25, 0.3) is 0 Å². The van der Waals surface area contributed by atoms with Crippen molar-refractivity contribution in [1.82, 2.24) is 0 Å². The Morgan fingerprint density at radius 1 is 1.20 bits per heavy atom. The summed E-state index contributed by atoms with van der Waals surface area (Å²) in [7, 11) is 0. The van der Waals surface area contributed by atoms with Gasteiger partial charge in [0, 0.05) is 5.56 Å². The van der Waals surface area contributed by atoms with Crippen LogP contribution in [0.1, 0.15) is 20.7 Å². The number of nitrogens with zero attached hydrogens (tertiary/aromatic N) is 1. The lowest BCUT2D eigenvalue weighted by Gasteiger charge is -2.12. The summed E-state index contributed by atoms with van der Waals surface area (Å²) < 4.78 is 0. The van der Waals surface area contributed by atoms with Gasteiger partial charge >= 0.3 is 5.97 Å². The Morgan fingerprint density at radius 3 is 2.20 bits per heavy atom. The first-order chi connectivity index (χ1) is 6.93. The van der Waals surface area contributed by atoms with Gasteiger partial charge in [-0.15, -0.1) is 5.23 Å². The molecule has 0 unspecified atom stereocenters. The summed E-state index contributed by atoms with van der Waals surface area (Å²) in [5, 5.41) is 36.0. The second-order valence-electron chi connectivity index (χ2n) is 2.61. The lowest BCUT2D eigenvalue weighted by molar-refractivity contribution is -0.255. The molecule has 15 heavy (non-hydrogen) atoms. The summed E-state index contributed by atoms with van der Waals surface area (Å²) in [6, 6.07) is 2.75. The van der Waals surface area contributed by atoms with Gasteiger partial charge in [0.1, 0.15) is 0 Å². The molecule has 0 fully saturated rings. The van der Waals surface area contributed by atoms with E-state index in [1.807, 2.05) is 0 Å². The number of carbonyl (C=O) groups excluding carboxylic acids is 1. The number of aromatic carboxylic acids is 2. The number of anilines is 1. The van der Waals surface area contributed by atoms with E-state index in [-0.39, 0.29) is 10.9 Å². The first-order valence-electron chi connectivity index (χ1n) is 3.70. The first kappa shape index (κ1) is 11.0. The molecule has 0 atom stereocenters. The smallest absolute Gasteiger partial charge is 0.336 e. The quantitative estimate of drug-likeness (QED) is 0.568. The standard InChI is InChI=1S/C8H7NO6/c10-7(11)5-2-1-4(9(14)15)3-6(5)8(12)13/h1-3,14-15H,(H,10,11)(H,12,13)/p-1. The van der Waals surface area contributed by atoms with Crippen LogP contribution in [0.2, 0.25) is 0 Å². The van der Waals surface area contributed by atoms with Crippen LogP contribution >= 0.6 is 0 Å². The maximum atomic E-state index is 10.6. The van der Waals surface area contributed by atoms with E-state index in [9.17, 15) is 14.7 Å². The highest BCUT2D eigenvalue weighted by Crippen LogP contribution is 2.17. The molecule has 3 N–H and O–H groups in total. The van der Waals surface area contributed by atoms with Crippen LogP contribution in [0, 0.1) is 0 Å². The number of carbonyl (C=O) groups is 2. The zero-order chi connectivity index (χ0) is 11.6. The van der Waals surface area contributed by atoms with Gasteiger partial charge in [0.15, 0.2) is 0 Å². The highest BCUT2D eigenvalue weighted by Gasteiger charge is 2.12. The molecule has 0 bridgehead atoms. The molecule has 0 saturated carbocycles. The van der Waals surface area contributed by atoms with E-state index in [4.69, 9.17) is 15.5 Å². The zero-order valence-electron chi connectivity index (χ0n) is 7.25. The minimum atomic E-state index is -1.71. The number of hydrogen-bond donors (Lipinski definition) is 3. The van der Waals surface area contributed by atoms with E-state index >= 15 is 0 Å². The summed E-state index contributed by atoms with van der Waals surface area (Å²) in [6.07, 6.45) is 0. The molecule has 1 aromatic carbocycles. The molecule has 1 rings (SSSR count). The lowest BCUT2D eigenvalue weighted by atomic mass is 10.1. The van der Waals surface area contributed by atoms with Crippen molar-refractivity contribution in [2.45, 2.75) is 0 Å². The van der Waals surface area contributed by atoms with E-state index in [0.717, 1.165) is 18.2 Å². The molecule has 0 heterocycles. The van der Waals surface area contributed by atoms with Gasteiger partial charge in [0.05, 0.1) is 17.2 Å². The maximum absolute atomic E-state index is 10.6. The minimum absolute atomic E-state index is 0.279. The molecule has 80 valence electrons. The predicted octanol–water partition coefficient (Wildman–Crippen LogP) is -0.667. The average molecular weight is 212 g/mol. The maximum Gasteiger partial charge on any atom is 0.336 e. The SMILES string of the molecule is O=C([O-])c1cc(N(O)O)ccc1C(=O)O. The van der Waals surface area contributed by atoms with Gasteiger partial charge in [-0.3, -0.25) is 10.4 Å². The number of benzene rings is 1. The van der Waals surface area contributed by atoms with Crippen LogP contribution in [0.15, 0.2) is 18.2 Å². The Balaban J connectivity index is 3.33. The summed E-state index contributed by atoms with van der Waals surface area (Å²) in [5.74, 6) is -3.15. The second-order valence-corrected chi connectivity index (χ2v) is 2.61. The van der Waals surface area contributed by atoms with Crippen LogP contribution in [-0.2, 0) is 0 Å². The Bertz CT molecular complexity index is 414. The van der Waals surface area contributed by atoms with E-state index in [1.54, 1.807) is 0 Å².